The Morgan fingerprint density at radius 3 is 2.45 bits per heavy atom. The SMILES string of the molecule is [CH2-][NH2+][C@H](CO)c1ccccc1. The number of benzene rings is 1. The minimum absolute atomic E-state index is 0.0798. The van der Waals surface area contributed by atoms with E-state index in [9.17, 15) is 0 Å². The molecule has 0 radical (unpaired) electrons. The van der Waals surface area contributed by atoms with Crippen LogP contribution in [0.3, 0.4) is 0 Å². The molecule has 60 valence electrons. The van der Waals surface area contributed by atoms with Gasteiger partial charge in [-0.15, -0.1) is 0 Å². The second-order valence-electron chi connectivity index (χ2n) is 2.44. The molecule has 0 heterocycles. The van der Waals surface area contributed by atoms with E-state index >= 15 is 0 Å². The third-order valence-electron chi connectivity index (χ3n) is 1.71. The van der Waals surface area contributed by atoms with E-state index in [1.54, 1.807) is 5.32 Å². The first-order valence-corrected chi connectivity index (χ1v) is 3.67. The van der Waals surface area contributed by atoms with E-state index in [-0.39, 0.29) is 12.6 Å². The molecular formula is C9H13NO. The van der Waals surface area contributed by atoms with Crippen LogP contribution in [0.25, 0.3) is 0 Å². The molecular weight excluding hydrogens is 138 g/mol. The Morgan fingerprint density at radius 2 is 2.00 bits per heavy atom. The van der Waals surface area contributed by atoms with Gasteiger partial charge < -0.3 is 10.4 Å². The Kier molecular flexibility index (Phi) is 3.08. The van der Waals surface area contributed by atoms with E-state index in [4.69, 9.17) is 5.11 Å². The molecule has 0 bridgehead atoms. The summed E-state index contributed by atoms with van der Waals surface area (Å²) in [7, 11) is 3.65. The zero-order valence-corrected chi connectivity index (χ0v) is 6.40. The molecule has 0 aromatic heterocycles. The lowest BCUT2D eigenvalue weighted by molar-refractivity contribution is -0.643. The van der Waals surface area contributed by atoms with Crippen molar-refractivity contribution in [3.8, 4) is 0 Å². The zero-order valence-electron chi connectivity index (χ0n) is 6.40. The Bertz CT molecular complexity index is 194. The first-order chi connectivity index (χ1) is 5.38. The third-order valence-corrected chi connectivity index (χ3v) is 1.71. The summed E-state index contributed by atoms with van der Waals surface area (Å²) < 4.78 is 0. The van der Waals surface area contributed by atoms with Crippen molar-refractivity contribution >= 4 is 0 Å². The predicted octanol–water partition coefficient (Wildman–Crippen LogP) is 0.0750. The van der Waals surface area contributed by atoms with Crippen LogP contribution in [0.1, 0.15) is 11.6 Å². The van der Waals surface area contributed by atoms with Crippen molar-refractivity contribution in [1.82, 2.24) is 0 Å². The number of hydrogen-bond donors (Lipinski definition) is 2. The summed E-state index contributed by atoms with van der Waals surface area (Å²) in [6.07, 6.45) is 0. The smallest absolute Gasteiger partial charge is 0.111 e. The van der Waals surface area contributed by atoms with E-state index in [1.807, 2.05) is 30.3 Å². The van der Waals surface area contributed by atoms with Gasteiger partial charge in [-0.05, 0) is 0 Å². The largest absolute Gasteiger partial charge is 0.471 e. The maximum atomic E-state index is 8.91. The van der Waals surface area contributed by atoms with E-state index in [1.165, 1.54) is 0 Å². The molecule has 0 saturated heterocycles. The fraction of sp³-hybridized carbons (Fsp3) is 0.222. The highest BCUT2D eigenvalue weighted by atomic mass is 16.3. The lowest BCUT2D eigenvalue weighted by atomic mass is 10.1. The first-order valence-electron chi connectivity index (χ1n) is 3.67. The van der Waals surface area contributed by atoms with Crippen LogP contribution in [0.2, 0.25) is 0 Å². The summed E-state index contributed by atoms with van der Waals surface area (Å²) in [5.41, 5.74) is 1.12. The number of nitrogens with two attached hydrogens (primary N) is 1. The average molecular weight is 151 g/mol. The predicted molar refractivity (Wildman–Crippen MR) is 43.6 cm³/mol. The summed E-state index contributed by atoms with van der Waals surface area (Å²) in [5, 5.41) is 10.7. The molecule has 1 aromatic carbocycles. The second-order valence-corrected chi connectivity index (χ2v) is 2.44. The summed E-state index contributed by atoms with van der Waals surface area (Å²) >= 11 is 0. The van der Waals surface area contributed by atoms with Gasteiger partial charge in [0.25, 0.3) is 0 Å². The van der Waals surface area contributed by atoms with Gasteiger partial charge in [-0.2, -0.15) is 7.05 Å². The number of aliphatic hydroxyl groups excluding tert-OH is 1. The average Bonchev–Trinajstić information content (AvgIpc) is 2.09. The van der Waals surface area contributed by atoms with Crippen molar-refractivity contribution in [2.24, 2.45) is 0 Å². The van der Waals surface area contributed by atoms with E-state index in [2.05, 4.69) is 7.05 Å². The van der Waals surface area contributed by atoms with Gasteiger partial charge in [-0.3, -0.25) is 0 Å². The van der Waals surface area contributed by atoms with Gasteiger partial charge in [-0.1, -0.05) is 30.3 Å². The minimum Gasteiger partial charge on any atom is -0.471 e. The standard InChI is InChI=1S/C9H13NO/c1-10-9(7-11)8-5-3-2-4-6-8/h2-6,9,11H,1,7,10H2/t9-/m1/s1. The van der Waals surface area contributed by atoms with Crippen molar-refractivity contribution in [1.29, 1.82) is 0 Å². The lowest BCUT2D eigenvalue weighted by Crippen LogP contribution is -2.79. The highest BCUT2D eigenvalue weighted by molar-refractivity contribution is 5.16. The van der Waals surface area contributed by atoms with Gasteiger partial charge >= 0.3 is 0 Å². The molecule has 1 aromatic rings. The fourth-order valence-electron chi connectivity index (χ4n) is 1.02. The van der Waals surface area contributed by atoms with Crippen LogP contribution in [0.4, 0.5) is 0 Å². The quantitative estimate of drug-likeness (QED) is 0.589. The maximum Gasteiger partial charge on any atom is 0.111 e. The van der Waals surface area contributed by atoms with E-state index in [0.29, 0.717) is 0 Å². The lowest BCUT2D eigenvalue weighted by Gasteiger charge is -2.13. The van der Waals surface area contributed by atoms with Crippen molar-refractivity contribution in [3.05, 3.63) is 42.9 Å². The summed E-state index contributed by atoms with van der Waals surface area (Å²) in [6, 6.07) is 9.94. The Labute approximate surface area is 66.9 Å². The molecule has 0 saturated carbocycles. The molecule has 11 heavy (non-hydrogen) atoms. The molecule has 2 nitrogen and oxygen atoms in total. The summed E-state index contributed by atoms with van der Waals surface area (Å²) in [6.45, 7) is 0.132. The molecule has 1 rings (SSSR count). The van der Waals surface area contributed by atoms with Gasteiger partial charge in [0.2, 0.25) is 0 Å². The van der Waals surface area contributed by atoms with Crippen LogP contribution < -0.4 is 5.32 Å². The van der Waals surface area contributed by atoms with Gasteiger partial charge in [-0.25, -0.2) is 0 Å². The molecule has 0 aliphatic heterocycles. The van der Waals surface area contributed by atoms with Crippen molar-refractivity contribution in [2.45, 2.75) is 6.04 Å². The molecule has 1 atom stereocenters. The van der Waals surface area contributed by atoms with Crippen LogP contribution in [0, 0.1) is 7.05 Å². The number of quaternary nitrogens is 1. The molecule has 0 aliphatic rings. The van der Waals surface area contributed by atoms with Crippen molar-refractivity contribution in [2.75, 3.05) is 6.61 Å². The number of rotatable bonds is 3. The van der Waals surface area contributed by atoms with Crippen molar-refractivity contribution in [3.63, 3.8) is 0 Å². The van der Waals surface area contributed by atoms with Crippen LogP contribution >= 0.6 is 0 Å². The highest BCUT2D eigenvalue weighted by Crippen LogP contribution is 2.06. The van der Waals surface area contributed by atoms with Crippen LogP contribution in [0.15, 0.2) is 30.3 Å². The van der Waals surface area contributed by atoms with Gasteiger partial charge in [0.1, 0.15) is 6.04 Å². The van der Waals surface area contributed by atoms with E-state index < -0.39 is 0 Å². The Hall–Kier alpha value is -0.860. The summed E-state index contributed by atoms with van der Waals surface area (Å²) in [5.74, 6) is 0. The normalized spacial score (nSPS) is 12.9. The van der Waals surface area contributed by atoms with Crippen LogP contribution in [-0.4, -0.2) is 11.7 Å². The number of aliphatic hydroxyl groups is 1. The van der Waals surface area contributed by atoms with Crippen LogP contribution in [0.5, 0.6) is 0 Å². The molecule has 0 unspecified atom stereocenters. The van der Waals surface area contributed by atoms with Crippen LogP contribution in [-0.2, 0) is 0 Å². The zero-order chi connectivity index (χ0) is 8.10. The van der Waals surface area contributed by atoms with Gasteiger partial charge in [0, 0.05) is 5.56 Å². The first kappa shape index (κ1) is 8.24. The molecule has 0 spiro atoms. The Morgan fingerprint density at radius 1 is 1.36 bits per heavy atom. The molecule has 3 N–H and O–H groups in total. The second kappa shape index (κ2) is 4.11. The summed E-state index contributed by atoms with van der Waals surface area (Å²) in [4.78, 5) is 0. The molecule has 0 fully saturated rings. The molecule has 0 aliphatic carbocycles. The van der Waals surface area contributed by atoms with Gasteiger partial charge in [0.15, 0.2) is 0 Å². The third kappa shape index (κ3) is 2.03. The van der Waals surface area contributed by atoms with E-state index in [0.717, 1.165) is 5.56 Å². The molecule has 2 heteroatoms. The minimum atomic E-state index is 0.0798. The number of hydrogen-bond acceptors (Lipinski definition) is 1. The van der Waals surface area contributed by atoms with Gasteiger partial charge in [0.05, 0.1) is 6.61 Å². The van der Waals surface area contributed by atoms with Crippen molar-refractivity contribution < 1.29 is 10.4 Å². The topological polar surface area (TPSA) is 36.8 Å². The maximum absolute atomic E-state index is 8.91. The highest BCUT2D eigenvalue weighted by Gasteiger charge is 2.06. The molecule has 0 amide bonds. The fourth-order valence-corrected chi connectivity index (χ4v) is 1.02. The Balaban J connectivity index is 2.74. The monoisotopic (exact) mass is 151 g/mol.